The van der Waals surface area contributed by atoms with Crippen LogP contribution in [0.1, 0.15) is 25.7 Å². The summed E-state index contributed by atoms with van der Waals surface area (Å²) in [5.41, 5.74) is 0. The molecule has 110 valence electrons. The molecular formula is C14H20NO4P. The Hall–Kier alpha value is -1.16. The highest BCUT2D eigenvalue weighted by Gasteiger charge is 2.35. The number of benzene rings is 1. The molecule has 5 nitrogen and oxygen atoms in total. The highest BCUT2D eigenvalue weighted by molar-refractivity contribution is 7.64. The summed E-state index contributed by atoms with van der Waals surface area (Å²) in [5.74, 6) is -0.982. The van der Waals surface area contributed by atoms with Gasteiger partial charge in [0.1, 0.15) is 6.54 Å². The molecule has 0 spiro atoms. The van der Waals surface area contributed by atoms with E-state index in [0.29, 0.717) is 18.5 Å². The maximum absolute atomic E-state index is 13.3. The summed E-state index contributed by atoms with van der Waals surface area (Å²) in [6.45, 7) is 0.632. The van der Waals surface area contributed by atoms with Crippen LogP contribution in [0, 0.1) is 0 Å². The number of aliphatic carboxylic acids is 1. The topological polar surface area (TPSA) is 66.8 Å². The van der Waals surface area contributed by atoms with Crippen LogP contribution in [0.3, 0.4) is 0 Å². The lowest BCUT2D eigenvalue weighted by molar-refractivity contribution is -0.137. The molecule has 0 saturated carbocycles. The minimum atomic E-state index is -3.28. The van der Waals surface area contributed by atoms with Gasteiger partial charge in [-0.3, -0.25) is 9.36 Å². The van der Waals surface area contributed by atoms with Gasteiger partial charge in [0.15, 0.2) is 0 Å². The van der Waals surface area contributed by atoms with Crippen molar-refractivity contribution in [2.75, 3.05) is 19.7 Å². The zero-order valence-corrected chi connectivity index (χ0v) is 12.3. The highest BCUT2D eigenvalue weighted by atomic mass is 31.2. The average molecular weight is 297 g/mol. The number of carboxylic acids is 1. The standard InChI is InChI=1S/C14H20NO4P/c16-14(17)12-15-10-6-1-2-7-11-19-20(15,18)13-8-4-3-5-9-13/h3-5,8-9H,1-2,6-7,10-12H2,(H,16,17). The van der Waals surface area contributed by atoms with E-state index in [1.807, 2.05) is 6.07 Å². The molecule has 0 radical (unpaired) electrons. The zero-order chi connectivity index (χ0) is 14.4. The van der Waals surface area contributed by atoms with Crippen LogP contribution in [0.2, 0.25) is 0 Å². The molecular weight excluding hydrogens is 277 g/mol. The molecule has 1 aromatic rings. The Kier molecular flexibility index (Phi) is 5.35. The first-order chi connectivity index (χ1) is 9.63. The van der Waals surface area contributed by atoms with E-state index >= 15 is 0 Å². The van der Waals surface area contributed by atoms with E-state index in [4.69, 9.17) is 9.63 Å². The summed E-state index contributed by atoms with van der Waals surface area (Å²) in [5, 5.41) is 9.63. The molecule has 0 amide bonds. The van der Waals surface area contributed by atoms with Crippen molar-refractivity contribution in [1.82, 2.24) is 4.67 Å². The summed E-state index contributed by atoms with van der Waals surface area (Å²) >= 11 is 0. The summed E-state index contributed by atoms with van der Waals surface area (Å²) < 4.78 is 20.4. The summed E-state index contributed by atoms with van der Waals surface area (Å²) in [4.78, 5) is 11.1. The smallest absolute Gasteiger partial charge is 0.318 e. The molecule has 1 N–H and O–H groups in total. The molecule has 1 aliphatic heterocycles. The van der Waals surface area contributed by atoms with Crippen LogP contribution in [0.5, 0.6) is 0 Å². The Bertz CT molecular complexity index is 491. The Morgan fingerprint density at radius 2 is 1.90 bits per heavy atom. The van der Waals surface area contributed by atoms with Crippen LogP contribution in [0.25, 0.3) is 0 Å². The first-order valence-corrected chi connectivity index (χ1v) is 8.48. The monoisotopic (exact) mass is 297 g/mol. The molecule has 0 aromatic heterocycles. The Morgan fingerprint density at radius 3 is 2.60 bits per heavy atom. The first kappa shape index (κ1) is 15.2. The van der Waals surface area contributed by atoms with Crippen molar-refractivity contribution in [1.29, 1.82) is 0 Å². The summed E-state index contributed by atoms with van der Waals surface area (Å²) in [6.07, 6.45) is 3.73. The van der Waals surface area contributed by atoms with E-state index in [0.717, 1.165) is 25.7 Å². The number of carbonyl (C=O) groups is 1. The van der Waals surface area contributed by atoms with Crippen LogP contribution in [0.15, 0.2) is 30.3 Å². The SMILES string of the molecule is O=C(O)CN1CCCCCCOP1(=O)c1ccccc1. The minimum Gasteiger partial charge on any atom is -0.480 e. The van der Waals surface area contributed by atoms with E-state index in [2.05, 4.69) is 0 Å². The number of nitrogens with zero attached hydrogens (tertiary/aromatic N) is 1. The van der Waals surface area contributed by atoms with E-state index in [1.165, 1.54) is 4.67 Å². The third-order valence-electron chi connectivity index (χ3n) is 3.35. The van der Waals surface area contributed by atoms with Gasteiger partial charge in [0.25, 0.3) is 0 Å². The van der Waals surface area contributed by atoms with Crippen molar-refractivity contribution in [3.63, 3.8) is 0 Å². The van der Waals surface area contributed by atoms with Crippen molar-refractivity contribution in [2.24, 2.45) is 0 Å². The number of hydrogen-bond acceptors (Lipinski definition) is 3. The molecule has 1 unspecified atom stereocenters. The third-order valence-corrected chi connectivity index (χ3v) is 5.92. The largest absolute Gasteiger partial charge is 0.480 e. The van der Waals surface area contributed by atoms with Gasteiger partial charge in [0.2, 0.25) is 0 Å². The van der Waals surface area contributed by atoms with E-state index < -0.39 is 13.5 Å². The Morgan fingerprint density at radius 1 is 1.20 bits per heavy atom. The first-order valence-electron chi connectivity index (χ1n) is 6.90. The molecule has 20 heavy (non-hydrogen) atoms. The van der Waals surface area contributed by atoms with Crippen molar-refractivity contribution >= 4 is 18.8 Å². The van der Waals surface area contributed by atoms with Gasteiger partial charge in [-0.2, -0.15) is 0 Å². The maximum Gasteiger partial charge on any atom is 0.318 e. The number of hydrogen-bond donors (Lipinski definition) is 1. The second-order valence-electron chi connectivity index (χ2n) is 4.89. The number of carboxylic acid groups (broad SMARTS) is 1. The molecule has 1 aliphatic rings. The van der Waals surface area contributed by atoms with Crippen molar-refractivity contribution in [3.8, 4) is 0 Å². The minimum absolute atomic E-state index is 0.258. The van der Waals surface area contributed by atoms with Gasteiger partial charge < -0.3 is 9.63 Å². The maximum atomic E-state index is 13.3. The van der Waals surface area contributed by atoms with Gasteiger partial charge in [-0.25, -0.2) is 4.67 Å². The summed E-state index contributed by atoms with van der Waals surface area (Å²) in [6, 6.07) is 8.92. The van der Waals surface area contributed by atoms with Gasteiger partial charge >= 0.3 is 13.5 Å². The van der Waals surface area contributed by atoms with E-state index in [1.54, 1.807) is 24.3 Å². The second-order valence-corrected chi connectivity index (χ2v) is 7.27. The van der Waals surface area contributed by atoms with Crippen molar-refractivity contribution in [2.45, 2.75) is 25.7 Å². The molecule has 0 bridgehead atoms. The molecule has 1 saturated heterocycles. The lowest BCUT2D eigenvalue weighted by Gasteiger charge is -2.29. The molecule has 0 aliphatic carbocycles. The lowest BCUT2D eigenvalue weighted by atomic mass is 10.2. The van der Waals surface area contributed by atoms with Crippen LogP contribution in [-0.2, 0) is 13.9 Å². The predicted octanol–water partition coefficient (Wildman–Crippen LogP) is 2.48. The Balaban J connectivity index is 2.34. The fourth-order valence-electron chi connectivity index (χ4n) is 2.33. The second kappa shape index (κ2) is 7.02. The van der Waals surface area contributed by atoms with Gasteiger partial charge in [-0.05, 0) is 25.0 Å². The zero-order valence-electron chi connectivity index (χ0n) is 11.4. The van der Waals surface area contributed by atoms with Gasteiger partial charge in [-0.15, -0.1) is 0 Å². The fraction of sp³-hybridized carbons (Fsp3) is 0.500. The van der Waals surface area contributed by atoms with Crippen LogP contribution in [-0.4, -0.2) is 35.4 Å². The van der Waals surface area contributed by atoms with Gasteiger partial charge in [0, 0.05) is 6.54 Å². The Labute approximate surface area is 119 Å². The molecule has 1 fully saturated rings. The normalized spacial score (nSPS) is 25.4. The highest BCUT2D eigenvalue weighted by Crippen LogP contribution is 2.50. The number of rotatable bonds is 3. The van der Waals surface area contributed by atoms with E-state index in [9.17, 15) is 9.36 Å². The van der Waals surface area contributed by atoms with Crippen LogP contribution in [0.4, 0.5) is 0 Å². The van der Waals surface area contributed by atoms with Crippen molar-refractivity contribution in [3.05, 3.63) is 30.3 Å². The van der Waals surface area contributed by atoms with Crippen LogP contribution < -0.4 is 5.30 Å². The molecule has 2 rings (SSSR count). The third kappa shape index (κ3) is 3.69. The quantitative estimate of drug-likeness (QED) is 0.868. The fourth-order valence-corrected chi connectivity index (χ4v) is 4.61. The molecule has 6 heteroatoms. The molecule has 1 aromatic carbocycles. The summed E-state index contributed by atoms with van der Waals surface area (Å²) in [7, 11) is -3.28. The van der Waals surface area contributed by atoms with Gasteiger partial charge in [-0.1, -0.05) is 31.0 Å². The lowest BCUT2D eigenvalue weighted by Crippen LogP contribution is -2.32. The molecule has 1 atom stereocenters. The van der Waals surface area contributed by atoms with Crippen molar-refractivity contribution < 1.29 is 19.0 Å². The van der Waals surface area contributed by atoms with Gasteiger partial charge in [0.05, 0.1) is 11.9 Å². The average Bonchev–Trinajstić information content (AvgIpc) is 2.53. The van der Waals surface area contributed by atoms with Crippen LogP contribution >= 0.6 is 7.52 Å². The van der Waals surface area contributed by atoms with E-state index in [-0.39, 0.29) is 6.54 Å². The predicted molar refractivity (Wildman–Crippen MR) is 77.3 cm³/mol. The molecule has 1 heterocycles.